The SMILES string of the molecule is Cc1cnc(C(=O)N2CCCN(C3CCSC3)CC2)cn1. The summed E-state index contributed by atoms with van der Waals surface area (Å²) in [6, 6.07) is 0.712. The predicted molar refractivity (Wildman–Crippen MR) is 84.6 cm³/mol. The zero-order valence-electron chi connectivity index (χ0n) is 12.5. The topological polar surface area (TPSA) is 49.3 Å². The first-order chi connectivity index (χ1) is 10.2. The van der Waals surface area contributed by atoms with Crippen LogP contribution in [0.5, 0.6) is 0 Å². The highest BCUT2D eigenvalue weighted by Crippen LogP contribution is 2.23. The molecule has 21 heavy (non-hydrogen) atoms. The molecule has 2 fully saturated rings. The summed E-state index contributed by atoms with van der Waals surface area (Å²) >= 11 is 2.05. The van der Waals surface area contributed by atoms with E-state index in [0.29, 0.717) is 11.7 Å². The van der Waals surface area contributed by atoms with Crippen LogP contribution in [0.1, 0.15) is 29.0 Å². The number of aromatic nitrogens is 2. The fraction of sp³-hybridized carbons (Fsp3) is 0.667. The molecule has 0 saturated carbocycles. The third-order valence-corrected chi connectivity index (χ3v) is 5.38. The highest BCUT2D eigenvalue weighted by atomic mass is 32.2. The fourth-order valence-corrected chi connectivity index (χ4v) is 4.24. The summed E-state index contributed by atoms with van der Waals surface area (Å²) in [6.07, 6.45) is 5.59. The number of thioether (sulfide) groups is 1. The maximum atomic E-state index is 12.5. The lowest BCUT2D eigenvalue weighted by atomic mass is 10.2. The minimum atomic E-state index is 0.0187. The van der Waals surface area contributed by atoms with Crippen LogP contribution in [-0.2, 0) is 0 Å². The minimum absolute atomic E-state index is 0.0187. The van der Waals surface area contributed by atoms with Gasteiger partial charge in [0.2, 0.25) is 0 Å². The molecule has 6 heteroatoms. The number of amides is 1. The van der Waals surface area contributed by atoms with Crippen LogP contribution in [0.15, 0.2) is 12.4 Å². The van der Waals surface area contributed by atoms with E-state index in [4.69, 9.17) is 0 Å². The molecule has 0 aliphatic carbocycles. The maximum absolute atomic E-state index is 12.5. The zero-order chi connectivity index (χ0) is 14.7. The Balaban J connectivity index is 1.61. The van der Waals surface area contributed by atoms with E-state index in [1.54, 1.807) is 12.4 Å². The first kappa shape index (κ1) is 14.8. The van der Waals surface area contributed by atoms with Crippen LogP contribution in [0.25, 0.3) is 0 Å². The summed E-state index contributed by atoms with van der Waals surface area (Å²) < 4.78 is 0. The lowest BCUT2D eigenvalue weighted by Gasteiger charge is -2.26. The molecule has 2 saturated heterocycles. The van der Waals surface area contributed by atoms with Crippen molar-refractivity contribution < 1.29 is 4.79 Å². The monoisotopic (exact) mass is 306 g/mol. The van der Waals surface area contributed by atoms with E-state index in [0.717, 1.165) is 38.3 Å². The van der Waals surface area contributed by atoms with Crippen LogP contribution in [0, 0.1) is 6.92 Å². The van der Waals surface area contributed by atoms with Gasteiger partial charge in [-0.1, -0.05) is 0 Å². The van der Waals surface area contributed by atoms with Gasteiger partial charge in [0, 0.05) is 44.2 Å². The molecule has 3 heterocycles. The normalized spacial score (nSPS) is 24.0. The van der Waals surface area contributed by atoms with Crippen molar-refractivity contribution in [3.8, 4) is 0 Å². The lowest BCUT2D eigenvalue weighted by molar-refractivity contribution is 0.0752. The number of carbonyl (C=O) groups excluding carboxylic acids is 1. The molecular weight excluding hydrogens is 284 g/mol. The second kappa shape index (κ2) is 6.75. The Bertz CT molecular complexity index is 487. The summed E-state index contributed by atoms with van der Waals surface area (Å²) in [7, 11) is 0. The molecule has 1 aromatic rings. The number of hydrogen-bond donors (Lipinski definition) is 0. The molecule has 1 atom stereocenters. The number of carbonyl (C=O) groups is 1. The molecule has 114 valence electrons. The van der Waals surface area contributed by atoms with E-state index in [2.05, 4.69) is 14.9 Å². The molecule has 0 radical (unpaired) electrons. The van der Waals surface area contributed by atoms with Crippen molar-refractivity contribution in [3.63, 3.8) is 0 Å². The van der Waals surface area contributed by atoms with Crippen LogP contribution >= 0.6 is 11.8 Å². The third-order valence-electron chi connectivity index (χ3n) is 4.24. The number of rotatable bonds is 2. The van der Waals surface area contributed by atoms with Crippen molar-refractivity contribution >= 4 is 17.7 Å². The van der Waals surface area contributed by atoms with Gasteiger partial charge in [0.1, 0.15) is 5.69 Å². The second-order valence-corrected chi connectivity index (χ2v) is 6.89. The summed E-state index contributed by atoms with van der Waals surface area (Å²) in [5, 5.41) is 0. The number of aryl methyl sites for hydroxylation is 1. The molecule has 1 unspecified atom stereocenters. The van der Waals surface area contributed by atoms with Crippen molar-refractivity contribution in [1.29, 1.82) is 0 Å². The molecule has 2 aliphatic heterocycles. The standard InChI is InChI=1S/C15H22N4OS/c1-12-9-17-14(10-16-12)15(20)19-5-2-4-18(6-7-19)13-3-8-21-11-13/h9-10,13H,2-8,11H2,1H3. The smallest absolute Gasteiger partial charge is 0.274 e. The number of hydrogen-bond acceptors (Lipinski definition) is 5. The van der Waals surface area contributed by atoms with E-state index in [1.165, 1.54) is 17.9 Å². The maximum Gasteiger partial charge on any atom is 0.274 e. The first-order valence-electron chi connectivity index (χ1n) is 7.64. The fourth-order valence-electron chi connectivity index (χ4n) is 2.98. The largest absolute Gasteiger partial charge is 0.336 e. The van der Waals surface area contributed by atoms with Gasteiger partial charge in [0.15, 0.2) is 0 Å². The van der Waals surface area contributed by atoms with E-state index >= 15 is 0 Å². The third kappa shape index (κ3) is 3.55. The molecule has 1 amide bonds. The zero-order valence-corrected chi connectivity index (χ0v) is 13.3. The molecule has 3 rings (SSSR count). The summed E-state index contributed by atoms with van der Waals surface area (Å²) in [6.45, 7) is 5.59. The quantitative estimate of drug-likeness (QED) is 0.827. The van der Waals surface area contributed by atoms with Gasteiger partial charge in [-0.05, 0) is 25.5 Å². The van der Waals surface area contributed by atoms with Crippen LogP contribution in [0.2, 0.25) is 0 Å². The van der Waals surface area contributed by atoms with Gasteiger partial charge < -0.3 is 4.90 Å². The minimum Gasteiger partial charge on any atom is -0.336 e. The van der Waals surface area contributed by atoms with Gasteiger partial charge in [0.05, 0.1) is 11.9 Å². The van der Waals surface area contributed by atoms with E-state index in [1.807, 2.05) is 23.6 Å². The predicted octanol–water partition coefficient (Wildman–Crippen LogP) is 1.44. The first-order valence-corrected chi connectivity index (χ1v) is 8.79. The molecule has 2 aliphatic rings. The van der Waals surface area contributed by atoms with Gasteiger partial charge in [0.25, 0.3) is 5.91 Å². The van der Waals surface area contributed by atoms with Crippen molar-refractivity contribution in [3.05, 3.63) is 23.8 Å². The Labute approximate surface area is 130 Å². The molecule has 5 nitrogen and oxygen atoms in total. The Morgan fingerprint density at radius 1 is 1.24 bits per heavy atom. The molecule has 0 bridgehead atoms. The Kier molecular flexibility index (Phi) is 4.75. The van der Waals surface area contributed by atoms with Crippen molar-refractivity contribution in [1.82, 2.24) is 19.8 Å². The van der Waals surface area contributed by atoms with Gasteiger partial charge in [-0.3, -0.25) is 14.7 Å². The van der Waals surface area contributed by atoms with Gasteiger partial charge in [-0.25, -0.2) is 4.98 Å². The molecule has 0 spiro atoms. The van der Waals surface area contributed by atoms with E-state index in [-0.39, 0.29) is 5.91 Å². The average Bonchev–Trinajstić information content (AvgIpc) is 2.92. The molecule has 0 aromatic carbocycles. The van der Waals surface area contributed by atoms with Crippen molar-refractivity contribution in [2.45, 2.75) is 25.8 Å². The Morgan fingerprint density at radius 2 is 2.14 bits per heavy atom. The summed E-state index contributed by atoms with van der Waals surface area (Å²) in [5.41, 5.74) is 1.30. The molecular formula is C15H22N4OS. The van der Waals surface area contributed by atoms with E-state index < -0.39 is 0 Å². The Morgan fingerprint density at radius 3 is 2.86 bits per heavy atom. The summed E-state index contributed by atoms with van der Waals surface area (Å²) in [5.74, 6) is 2.55. The van der Waals surface area contributed by atoms with Crippen molar-refractivity contribution in [2.24, 2.45) is 0 Å². The van der Waals surface area contributed by atoms with Gasteiger partial charge in [-0.15, -0.1) is 0 Å². The highest BCUT2D eigenvalue weighted by Gasteiger charge is 2.27. The van der Waals surface area contributed by atoms with Crippen LogP contribution in [0.3, 0.4) is 0 Å². The average molecular weight is 306 g/mol. The highest BCUT2D eigenvalue weighted by molar-refractivity contribution is 7.99. The molecule has 0 N–H and O–H groups in total. The number of nitrogens with zero attached hydrogens (tertiary/aromatic N) is 4. The summed E-state index contributed by atoms with van der Waals surface area (Å²) in [4.78, 5) is 25.4. The Hall–Kier alpha value is -1.14. The van der Waals surface area contributed by atoms with Crippen molar-refractivity contribution in [2.75, 3.05) is 37.7 Å². The second-order valence-electron chi connectivity index (χ2n) is 5.74. The van der Waals surface area contributed by atoms with Crippen LogP contribution in [-0.4, -0.2) is 69.4 Å². The van der Waals surface area contributed by atoms with Crippen LogP contribution < -0.4 is 0 Å². The van der Waals surface area contributed by atoms with E-state index in [9.17, 15) is 4.79 Å². The molecule has 1 aromatic heterocycles. The van der Waals surface area contributed by atoms with Crippen LogP contribution in [0.4, 0.5) is 0 Å². The van der Waals surface area contributed by atoms with Gasteiger partial charge >= 0.3 is 0 Å². The lowest BCUT2D eigenvalue weighted by Crippen LogP contribution is -2.39. The van der Waals surface area contributed by atoms with Gasteiger partial charge in [-0.2, -0.15) is 11.8 Å².